The van der Waals surface area contributed by atoms with E-state index >= 15 is 0 Å². The summed E-state index contributed by atoms with van der Waals surface area (Å²) in [5.74, 6) is -0.650. The highest BCUT2D eigenvalue weighted by Gasteiger charge is 2.08. The molecule has 0 saturated carbocycles. The van der Waals surface area contributed by atoms with Gasteiger partial charge in [0.15, 0.2) is 0 Å². The fraction of sp³-hybridized carbons (Fsp3) is 0.133. The lowest BCUT2D eigenvalue weighted by Crippen LogP contribution is -2.15. The van der Waals surface area contributed by atoms with E-state index < -0.39 is 5.97 Å². The number of carbonyl (C=O) groups is 2. The van der Waals surface area contributed by atoms with Crippen molar-refractivity contribution in [2.24, 2.45) is 0 Å². The molecule has 2 aromatic rings. The Kier molecular flexibility index (Phi) is 4.50. The van der Waals surface area contributed by atoms with Crippen LogP contribution in [0.4, 0.5) is 5.69 Å². The van der Waals surface area contributed by atoms with E-state index in [4.69, 9.17) is 9.84 Å². The fourth-order valence-electron chi connectivity index (χ4n) is 1.76. The molecule has 1 aromatic heterocycles. The van der Waals surface area contributed by atoms with Crippen molar-refractivity contribution in [1.82, 2.24) is 4.98 Å². The molecule has 6 nitrogen and oxygen atoms in total. The third-order valence-corrected chi connectivity index (χ3v) is 2.79. The first-order valence-electron chi connectivity index (χ1n) is 6.20. The second-order valence-corrected chi connectivity index (χ2v) is 4.31. The summed E-state index contributed by atoms with van der Waals surface area (Å²) in [7, 11) is 1.57. The fourth-order valence-corrected chi connectivity index (χ4v) is 1.76. The van der Waals surface area contributed by atoms with Gasteiger partial charge in [0.05, 0.1) is 13.5 Å². The Hall–Kier alpha value is -2.89. The summed E-state index contributed by atoms with van der Waals surface area (Å²) in [5, 5.41) is 11.5. The van der Waals surface area contributed by atoms with Gasteiger partial charge >= 0.3 is 5.97 Å². The second kappa shape index (κ2) is 6.51. The van der Waals surface area contributed by atoms with Crippen molar-refractivity contribution in [2.75, 3.05) is 12.4 Å². The lowest BCUT2D eigenvalue weighted by atomic mass is 10.1. The molecule has 0 unspecified atom stereocenters. The average Bonchev–Trinajstić information content (AvgIpc) is 2.48. The monoisotopic (exact) mass is 286 g/mol. The number of carboxylic acid groups (broad SMARTS) is 1. The van der Waals surface area contributed by atoms with Gasteiger partial charge in [0.25, 0.3) is 0 Å². The molecule has 0 aliphatic rings. The van der Waals surface area contributed by atoms with E-state index in [0.717, 1.165) is 11.3 Å². The smallest absolute Gasteiger partial charge is 0.354 e. The predicted molar refractivity (Wildman–Crippen MR) is 76.5 cm³/mol. The maximum Gasteiger partial charge on any atom is 0.354 e. The molecule has 1 amide bonds. The molecule has 0 spiro atoms. The zero-order valence-electron chi connectivity index (χ0n) is 11.4. The number of ether oxygens (including phenoxy) is 1. The number of hydrogen-bond donors (Lipinski definition) is 2. The van der Waals surface area contributed by atoms with Crippen molar-refractivity contribution >= 4 is 17.6 Å². The third kappa shape index (κ3) is 4.04. The van der Waals surface area contributed by atoms with Crippen molar-refractivity contribution in [3.63, 3.8) is 0 Å². The number of nitrogens with one attached hydrogen (secondary N) is 1. The molecular formula is C15H14N2O4. The van der Waals surface area contributed by atoms with Gasteiger partial charge in [-0.1, -0.05) is 12.1 Å². The molecule has 2 rings (SSSR count). The van der Waals surface area contributed by atoms with Crippen LogP contribution < -0.4 is 10.1 Å². The number of benzene rings is 1. The van der Waals surface area contributed by atoms with Crippen LogP contribution in [0.25, 0.3) is 0 Å². The van der Waals surface area contributed by atoms with Gasteiger partial charge in [0, 0.05) is 11.9 Å². The van der Waals surface area contributed by atoms with E-state index in [1.165, 1.54) is 12.3 Å². The number of aromatic carboxylic acids is 1. The van der Waals surface area contributed by atoms with Gasteiger partial charge in [-0.3, -0.25) is 4.79 Å². The van der Waals surface area contributed by atoms with Crippen LogP contribution >= 0.6 is 0 Å². The molecule has 21 heavy (non-hydrogen) atoms. The molecule has 1 aromatic carbocycles. The normalized spacial score (nSPS) is 9.95. The number of aromatic nitrogens is 1. The summed E-state index contributed by atoms with van der Waals surface area (Å²) < 4.78 is 5.04. The number of carbonyl (C=O) groups excluding carboxylic acids is 1. The minimum atomic E-state index is -1.14. The molecule has 0 aliphatic carbocycles. The van der Waals surface area contributed by atoms with E-state index in [9.17, 15) is 9.59 Å². The number of rotatable bonds is 5. The van der Waals surface area contributed by atoms with Gasteiger partial charge in [-0.2, -0.15) is 0 Å². The van der Waals surface area contributed by atoms with E-state index in [1.54, 1.807) is 37.4 Å². The van der Waals surface area contributed by atoms with Gasteiger partial charge in [0.1, 0.15) is 11.4 Å². The molecule has 0 saturated heterocycles. The molecule has 0 bridgehead atoms. The Balaban J connectivity index is 2.00. The minimum Gasteiger partial charge on any atom is -0.497 e. The summed E-state index contributed by atoms with van der Waals surface area (Å²) in [6, 6.07) is 10.0. The maximum atomic E-state index is 11.9. The Morgan fingerprint density at radius 3 is 2.57 bits per heavy atom. The zero-order chi connectivity index (χ0) is 15.2. The number of pyridine rings is 1. The van der Waals surface area contributed by atoms with E-state index in [-0.39, 0.29) is 18.0 Å². The van der Waals surface area contributed by atoms with Crippen LogP contribution in [0.1, 0.15) is 16.1 Å². The van der Waals surface area contributed by atoms with Crippen LogP contribution in [0.3, 0.4) is 0 Å². The first-order valence-corrected chi connectivity index (χ1v) is 6.20. The lowest BCUT2D eigenvalue weighted by Gasteiger charge is -2.06. The average molecular weight is 286 g/mol. The number of anilines is 1. The maximum absolute atomic E-state index is 11.9. The quantitative estimate of drug-likeness (QED) is 0.877. The first-order chi connectivity index (χ1) is 10.1. The Bertz CT molecular complexity index is 653. The van der Waals surface area contributed by atoms with Crippen molar-refractivity contribution in [3.05, 3.63) is 53.9 Å². The molecule has 0 aliphatic heterocycles. The highest BCUT2D eigenvalue weighted by atomic mass is 16.5. The van der Waals surface area contributed by atoms with Gasteiger partial charge in [-0.05, 0) is 29.8 Å². The standard InChI is InChI=1S/C15H14N2O4/c1-21-12-4-2-10(3-5-12)8-14(18)17-11-6-7-16-13(9-11)15(19)20/h2-7,9H,8H2,1H3,(H,19,20)(H,16,17,18). The number of carboxylic acids is 1. The first kappa shape index (κ1) is 14.5. The van der Waals surface area contributed by atoms with Crippen molar-refractivity contribution in [1.29, 1.82) is 0 Å². The zero-order valence-corrected chi connectivity index (χ0v) is 11.4. The molecule has 0 atom stereocenters. The summed E-state index contributed by atoms with van der Waals surface area (Å²) in [6.45, 7) is 0. The molecular weight excluding hydrogens is 272 g/mol. The van der Waals surface area contributed by atoms with Crippen LogP contribution in [0.5, 0.6) is 5.75 Å². The largest absolute Gasteiger partial charge is 0.497 e. The summed E-state index contributed by atoms with van der Waals surface area (Å²) in [6.07, 6.45) is 1.53. The van der Waals surface area contributed by atoms with Crippen molar-refractivity contribution in [2.45, 2.75) is 6.42 Å². The van der Waals surface area contributed by atoms with Crippen LogP contribution in [0, 0.1) is 0 Å². The summed E-state index contributed by atoms with van der Waals surface area (Å²) in [4.78, 5) is 26.4. The molecule has 2 N–H and O–H groups in total. The molecule has 1 heterocycles. The van der Waals surface area contributed by atoms with Crippen LogP contribution in [-0.4, -0.2) is 29.1 Å². The van der Waals surface area contributed by atoms with Crippen LogP contribution in [-0.2, 0) is 11.2 Å². The summed E-state index contributed by atoms with van der Waals surface area (Å²) >= 11 is 0. The Morgan fingerprint density at radius 2 is 1.95 bits per heavy atom. The Labute approximate surface area is 121 Å². The topological polar surface area (TPSA) is 88.5 Å². The summed E-state index contributed by atoms with van der Waals surface area (Å²) in [5.41, 5.74) is 1.12. The van der Waals surface area contributed by atoms with Gasteiger partial charge in [0.2, 0.25) is 5.91 Å². The highest BCUT2D eigenvalue weighted by molar-refractivity contribution is 5.94. The predicted octanol–water partition coefficient (Wildman–Crippen LogP) is 1.97. The highest BCUT2D eigenvalue weighted by Crippen LogP contribution is 2.13. The van der Waals surface area contributed by atoms with Gasteiger partial charge < -0.3 is 15.2 Å². The minimum absolute atomic E-state index is 0.114. The molecule has 108 valence electrons. The van der Waals surface area contributed by atoms with Gasteiger partial charge in [-0.25, -0.2) is 9.78 Å². The molecule has 0 radical (unpaired) electrons. The number of amides is 1. The number of hydrogen-bond acceptors (Lipinski definition) is 4. The number of methoxy groups -OCH3 is 1. The molecule has 6 heteroatoms. The van der Waals surface area contributed by atoms with Gasteiger partial charge in [-0.15, -0.1) is 0 Å². The Morgan fingerprint density at radius 1 is 1.24 bits per heavy atom. The second-order valence-electron chi connectivity index (χ2n) is 4.31. The van der Waals surface area contributed by atoms with Crippen LogP contribution in [0.2, 0.25) is 0 Å². The van der Waals surface area contributed by atoms with Crippen molar-refractivity contribution in [3.8, 4) is 5.75 Å². The van der Waals surface area contributed by atoms with E-state index in [0.29, 0.717) is 5.69 Å². The van der Waals surface area contributed by atoms with E-state index in [1.807, 2.05) is 0 Å². The SMILES string of the molecule is COc1ccc(CC(=O)Nc2ccnc(C(=O)O)c2)cc1. The lowest BCUT2D eigenvalue weighted by molar-refractivity contribution is -0.115. The molecule has 0 fully saturated rings. The van der Waals surface area contributed by atoms with E-state index in [2.05, 4.69) is 10.3 Å². The van der Waals surface area contributed by atoms with Crippen LogP contribution in [0.15, 0.2) is 42.6 Å². The number of nitrogens with zero attached hydrogens (tertiary/aromatic N) is 1. The van der Waals surface area contributed by atoms with Crippen molar-refractivity contribution < 1.29 is 19.4 Å². The third-order valence-electron chi connectivity index (χ3n) is 2.79.